The maximum atomic E-state index is 10.6. The highest BCUT2D eigenvalue weighted by Gasteiger charge is 2.02. The highest BCUT2D eigenvalue weighted by molar-refractivity contribution is 5.82. The maximum absolute atomic E-state index is 10.6. The molecule has 0 N–H and O–H groups in total. The lowest BCUT2D eigenvalue weighted by Gasteiger charge is -1.99. The highest BCUT2D eigenvalue weighted by atomic mass is 16.1. The first-order valence-corrected chi connectivity index (χ1v) is 3.69. The molecule has 0 aliphatic heterocycles. The van der Waals surface area contributed by atoms with Gasteiger partial charge in [0, 0.05) is 12.8 Å². The van der Waals surface area contributed by atoms with E-state index in [1.54, 1.807) is 0 Å². The summed E-state index contributed by atoms with van der Waals surface area (Å²) in [6, 6.07) is 0. The van der Waals surface area contributed by atoms with Gasteiger partial charge in [0.2, 0.25) is 0 Å². The molecule has 2 heteroatoms. The molecule has 2 nitrogen and oxygen atoms in total. The number of Topliss-reactive ketones (excluding diaryl/α,β-unsaturated/α-hetero) is 2. The Hall–Kier alpha value is -0.920. The highest BCUT2D eigenvalue weighted by Crippen LogP contribution is 2.07. The van der Waals surface area contributed by atoms with E-state index in [9.17, 15) is 9.59 Å². The largest absolute Gasteiger partial charge is 0.300 e. The van der Waals surface area contributed by atoms with Crippen LogP contribution in [0.5, 0.6) is 0 Å². The molecule has 0 amide bonds. The van der Waals surface area contributed by atoms with E-state index in [4.69, 9.17) is 0 Å². The van der Waals surface area contributed by atoms with Crippen LogP contribution >= 0.6 is 0 Å². The summed E-state index contributed by atoms with van der Waals surface area (Å²) in [7, 11) is 0. The standard InChI is InChI=1S/C9H14O2/c1-4-9(5-7(2)10)6-8(3)11/h4H,5-6H2,1-3H3. The first-order chi connectivity index (χ1) is 5.06. The number of hydrogen-bond acceptors (Lipinski definition) is 2. The average Bonchev–Trinajstić information content (AvgIpc) is 1.84. The molecule has 0 aromatic rings. The summed E-state index contributed by atoms with van der Waals surface area (Å²) in [5.74, 6) is 0.221. The van der Waals surface area contributed by atoms with Gasteiger partial charge >= 0.3 is 0 Å². The van der Waals surface area contributed by atoms with Gasteiger partial charge in [-0.2, -0.15) is 0 Å². The molecule has 0 unspecified atom stereocenters. The minimum absolute atomic E-state index is 0.111. The number of allylic oxidation sites excluding steroid dienone is 2. The number of carbonyl (C=O) groups excluding carboxylic acids is 2. The van der Waals surface area contributed by atoms with Gasteiger partial charge in [0.15, 0.2) is 0 Å². The lowest BCUT2D eigenvalue weighted by molar-refractivity contribution is -0.116. The Kier molecular flexibility index (Phi) is 4.42. The molecule has 0 saturated heterocycles. The summed E-state index contributed by atoms with van der Waals surface area (Å²) in [6.07, 6.45) is 2.66. The third-order valence-electron chi connectivity index (χ3n) is 1.36. The molecule has 0 heterocycles. The Morgan fingerprint density at radius 3 is 1.64 bits per heavy atom. The van der Waals surface area contributed by atoms with Gasteiger partial charge in [-0.25, -0.2) is 0 Å². The van der Waals surface area contributed by atoms with Crippen molar-refractivity contribution in [1.29, 1.82) is 0 Å². The Morgan fingerprint density at radius 1 is 1.09 bits per heavy atom. The van der Waals surface area contributed by atoms with Gasteiger partial charge in [0.1, 0.15) is 11.6 Å². The fourth-order valence-corrected chi connectivity index (χ4v) is 0.906. The minimum Gasteiger partial charge on any atom is -0.300 e. The van der Waals surface area contributed by atoms with Crippen molar-refractivity contribution in [1.82, 2.24) is 0 Å². The van der Waals surface area contributed by atoms with Crippen LogP contribution in [0.2, 0.25) is 0 Å². The molecule has 0 radical (unpaired) electrons. The quantitative estimate of drug-likeness (QED) is 0.579. The molecular weight excluding hydrogens is 140 g/mol. The summed E-state index contributed by atoms with van der Waals surface area (Å²) in [6.45, 7) is 4.91. The molecule has 0 aromatic heterocycles. The van der Waals surface area contributed by atoms with Gasteiger partial charge in [-0.05, 0) is 20.8 Å². The Morgan fingerprint density at radius 2 is 1.45 bits per heavy atom. The first kappa shape index (κ1) is 10.1. The molecule has 0 spiro atoms. The van der Waals surface area contributed by atoms with E-state index in [1.807, 2.05) is 13.0 Å². The number of rotatable bonds is 4. The van der Waals surface area contributed by atoms with Crippen molar-refractivity contribution in [3.8, 4) is 0 Å². The third kappa shape index (κ3) is 5.52. The molecular formula is C9H14O2. The van der Waals surface area contributed by atoms with Crippen LogP contribution in [0.3, 0.4) is 0 Å². The van der Waals surface area contributed by atoms with Gasteiger partial charge in [-0.15, -0.1) is 0 Å². The van der Waals surface area contributed by atoms with Gasteiger partial charge in [-0.3, -0.25) is 9.59 Å². The van der Waals surface area contributed by atoms with Crippen molar-refractivity contribution < 1.29 is 9.59 Å². The molecule has 0 aromatic carbocycles. The van der Waals surface area contributed by atoms with Crippen molar-refractivity contribution in [3.05, 3.63) is 11.6 Å². The molecule has 62 valence electrons. The van der Waals surface area contributed by atoms with Crippen LogP contribution in [0, 0.1) is 0 Å². The summed E-state index contributed by atoms with van der Waals surface area (Å²) >= 11 is 0. The molecule has 0 fully saturated rings. The van der Waals surface area contributed by atoms with Crippen molar-refractivity contribution in [2.24, 2.45) is 0 Å². The summed E-state index contributed by atoms with van der Waals surface area (Å²) in [5.41, 5.74) is 0.921. The fraction of sp³-hybridized carbons (Fsp3) is 0.556. The van der Waals surface area contributed by atoms with E-state index in [-0.39, 0.29) is 11.6 Å². The van der Waals surface area contributed by atoms with Crippen LogP contribution in [-0.4, -0.2) is 11.6 Å². The second-order valence-electron chi connectivity index (χ2n) is 2.70. The second kappa shape index (κ2) is 4.83. The van der Waals surface area contributed by atoms with Gasteiger partial charge in [0.25, 0.3) is 0 Å². The van der Waals surface area contributed by atoms with E-state index in [0.29, 0.717) is 12.8 Å². The number of carbonyl (C=O) groups is 2. The molecule has 0 aliphatic carbocycles. The topological polar surface area (TPSA) is 34.1 Å². The van der Waals surface area contributed by atoms with Crippen molar-refractivity contribution in [3.63, 3.8) is 0 Å². The molecule has 0 aliphatic rings. The van der Waals surface area contributed by atoms with E-state index < -0.39 is 0 Å². The van der Waals surface area contributed by atoms with Gasteiger partial charge < -0.3 is 0 Å². The molecule has 11 heavy (non-hydrogen) atoms. The zero-order valence-corrected chi connectivity index (χ0v) is 7.31. The van der Waals surface area contributed by atoms with Crippen molar-refractivity contribution in [2.75, 3.05) is 0 Å². The van der Waals surface area contributed by atoms with E-state index in [1.165, 1.54) is 13.8 Å². The van der Waals surface area contributed by atoms with Crippen LogP contribution in [0.25, 0.3) is 0 Å². The average molecular weight is 154 g/mol. The zero-order valence-electron chi connectivity index (χ0n) is 7.31. The smallest absolute Gasteiger partial charge is 0.133 e. The lowest BCUT2D eigenvalue weighted by Crippen LogP contribution is -1.98. The van der Waals surface area contributed by atoms with Crippen LogP contribution in [0.1, 0.15) is 33.6 Å². The van der Waals surface area contributed by atoms with E-state index in [2.05, 4.69) is 0 Å². The number of ketones is 2. The van der Waals surface area contributed by atoms with Crippen LogP contribution in [-0.2, 0) is 9.59 Å². The Labute approximate surface area is 67.3 Å². The zero-order chi connectivity index (χ0) is 8.85. The predicted octanol–water partition coefficient (Wildman–Crippen LogP) is 1.89. The minimum atomic E-state index is 0.111. The van der Waals surface area contributed by atoms with E-state index >= 15 is 0 Å². The van der Waals surface area contributed by atoms with Crippen molar-refractivity contribution in [2.45, 2.75) is 33.6 Å². The van der Waals surface area contributed by atoms with E-state index in [0.717, 1.165) is 5.57 Å². The SMILES string of the molecule is CC=C(CC(C)=O)CC(C)=O. The third-order valence-corrected chi connectivity index (χ3v) is 1.36. The molecule has 0 rings (SSSR count). The predicted molar refractivity (Wildman–Crippen MR) is 44.4 cm³/mol. The van der Waals surface area contributed by atoms with Gasteiger partial charge in [-0.1, -0.05) is 11.6 Å². The summed E-state index contributed by atoms with van der Waals surface area (Å²) in [4.78, 5) is 21.3. The Bertz CT molecular complexity index is 172. The molecule has 0 bridgehead atoms. The molecule has 0 atom stereocenters. The molecule has 0 saturated carbocycles. The summed E-state index contributed by atoms with van der Waals surface area (Å²) in [5, 5.41) is 0. The first-order valence-electron chi connectivity index (χ1n) is 3.69. The Balaban J connectivity index is 3.99. The summed E-state index contributed by atoms with van der Waals surface area (Å²) < 4.78 is 0. The van der Waals surface area contributed by atoms with Gasteiger partial charge in [0.05, 0.1) is 0 Å². The van der Waals surface area contributed by atoms with Crippen molar-refractivity contribution >= 4 is 11.6 Å². The maximum Gasteiger partial charge on any atom is 0.133 e. The van der Waals surface area contributed by atoms with Crippen LogP contribution in [0.15, 0.2) is 11.6 Å². The van der Waals surface area contributed by atoms with Crippen LogP contribution < -0.4 is 0 Å². The van der Waals surface area contributed by atoms with Crippen LogP contribution in [0.4, 0.5) is 0 Å². The fourth-order valence-electron chi connectivity index (χ4n) is 0.906. The normalized spacial score (nSPS) is 9.00. The lowest BCUT2D eigenvalue weighted by atomic mass is 10.0. The second-order valence-corrected chi connectivity index (χ2v) is 2.70. The monoisotopic (exact) mass is 154 g/mol. The number of hydrogen-bond donors (Lipinski definition) is 0.